The van der Waals surface area contributed by atoms with Crippen molar-refractivity contribution in [2.75, 3.05) is 18.0 Å². The van der Waals surface area contributed by atoms with Crippen LogP contribution in [0.5, 0.6) is 0 Å². The van der Waals surface area contributed by atoms with Gasteiger partial charge in [-0.25, -0.2) is 4.39 Å². The number of aryl methyl sites for hydroxylation is 1. The summed E-state index contributed by atoms with van der Waals surface area (Å²) in [5, 5.41) is 0. The lowest BCUT2D eigenvalue weighted by Crippen LogP contribution is -2.47. The maximum Gasteiger partial charge on any atom is 0.258 e. The van der Waals surface area contributed by atoms with Gasteiger partial charge in [-0.2, -0.15) is 0 Å². The van der Waals surface area contributed by atoms with Gasteiger partial charge in [0.2, 0.25) is 0 Å². The number of hydrogen-bond donors (Lipinski definition) is 0. The Labute approximate surface area is 177 Å². The Morgan fingerprint density at radius 3 is 2.43 bits per heavy atom. The van der Waals surface area contributed by atoms with Gasteiger partial charge < -0.3 is 4.90 Å². The first-order valence-corrected chi connectivity index (χ1v) is 10.4. The number of amides is 1. The molecule has 1 aromatic heterocycles. The van der Waals surface area contributed by atoms with Gasteiger partial charge in [0.15, 0.2) is 0 Å². The van der Waals surface area contributed by atoms with Crippen molar-refractivity contribution < 1.29 is 9.18 Å². The van der Waals surface area contributed by atoms with Crippen LogP contribution in [0.4, 0.5) is 10.1 Å². The molecule has 30 heavy (non-hydrogen) atoms. The average Bonchev–Trinajstić information content (AvgIpc) is 2.77. The number of halogens is 1. The summed E-state index contributed by atoms with van der Waals surface area (Å²) >= 11 is 0. The number of pyridine rings is 1. The molecular formula is C25H26FN3O. The Morgan fingerprint density at radius 1 is 1.07 bits per heavy atom. The van der Waals surface area contributed by atoms with Crippen LogP contribution in [0.25, 0.3) is 0 Å². The molecule has 1 amide bonds. The molecule has 0 unspecified atom stereocenters. The van der Waals surface area contributed by atoms with Crippen molar-refractivity contribution in [2.24, 2.45) is 0 Å². The fourth-order valence-electron chi connectivity index (χ4n) is 4.09. The van der Waals surface area contributed by atoms with Gasteiger partial charge in [0.25, 0.3) is 5.91 Å². The van der Waals surface area contributed by atoms with E-state index in [1.54, 1.807) is 12.1 Å². The maximum absolute atomic E-state index is 13.5. The molecule has 0 aliphatic carbocycles. The molecule has 1 saturated heterocycles. The van der Waals surface area contributed by atoms with Crippen molar-refractivity contribution >= 4 is 11.6 Å². The van der Waals surface area contributed by atoms with Crippen LogP contribution < -0.4 is 4.90 Å². The highest BCUT2D eigenvalue weighted by Crippen LogP contribution is 2.27. The third-order valence-corrected chi connectivity index (χ3v) is 5.67. The van der Waals surface area contributed by atoms with Crippen LogP contribution in [0.3, 0.4) is 0 Å². The second-order valence-electron chi connectivity index (χ2n) is 7.88. The fraction of sp³-hybridized carbons (Fsp3) is 0.280. The summed E-state index contributed by atoms with van der Waals surface area (Å²) in [4.78, 5) is 21.8. The first kappa shape index (κ1) is 20.2. The van der Waals surface area contributed by atoms with Gasteiger partial charge in [-0.05, 0) is 73.9 Å². The van der Waals surface area contributed by atoms with Gasteiger partial charge in [-0.15, -0.1) is 0 Å². The Morgan fingerprint density at radius 2 is 1.77 bits per heavy atom. The second kappa shape index (κ2) is 9.18. The van der Waals surface area contributed by atoms with Gasteiger partial charge in [0.05, 0.1) is 0 Å². The van der Waals surface area contributed by atoms with Crippen LogP contribution in [0.1, 0.15) is 34.3 Å². The molecule has 0 N–H and O–H groups in total. The fourth-order valence-corrected chi connectivity index (χ4v) is 4.09. The monoisotopic (exact) mass is 403 g/mol. The summed E-state index contributed by atoms with van der Waals surface area (Å²) in [6.07, 6.45) is 5.39. The number of aromatic nitrogens is 1. The first-order chi connectivity index (χ1) is 14.6. The van der Waals surface area contributed by atoms with E-state index in [1.165, 1.54) is 17.7 Å². The zero-order chi connectivity index (χ0) is 20.9. The molecule has 1 fully saturated rings. The van der Waals surface area contributed by atoms with E-state index < -0.39 is 0 Å². The van der Waals surface area contributed by atoms with Crippen LogP contribution in [-0.4, -0.2) is 34.9 Å². The van der Waals surface area contributed by atoms with Crippen LogP contribution >= 0.6 is 0 Å². The highest BCUT2D eigenvalue weighted by molar-refractivity contribution is 6.06. The number of rotatable bonds is 5. The van der Waals surface area contributed by atoms with Crippen LogP contribution in [-0.2, 0) is 6.54 Å². The maximum atomic E-state index is 13.5. The third kappa shape index (κ3) is 4.74. The molecule has 154 valence electrons. The molecular weight excluding hydrogens is 377 g/mol. The Balaban J connectivity index is 1.53. The molecule has 4 rings (SSSR count). The number of carbonyl (C=O) groups is 1. The quantitative estimate of drug-likeness (QED) is 0.612. The van der Waals surface area contributed by atoms with Crippen molar-refractivity contribution in [3.8, 4) is 0 Å². The minimum absolute atomic E-state index is 0.0297. The van der Waals surface area contributed by atoms with E-state index >= 15 is 0 Å². The van der Waals surface area contributed by atoms with Crippen molar-refractivity contribution in [1.29, 1.82) is 0 Å². The molecule has 0 radical (unpaired) electrons. The molecule has 0 atom stereocenters. The van der Waals surface area contributed by atoms with E-state index in [9.17, 15) is 9.18 Å². The summed E-state index contributed by atoms with van der Waals surface area (Å²) in [6, 6.07) is 18.1. The van der Waals surface area contributed by atoms with E-state index in [4.69, 9.17) is 0 Å². The summed E-state index contributed by atoms with van der Waals surface area (Å²) in [5.74, 6) is -0.327. The number of benzene rings is 2. The van der Waals surface area contributed by atoms with E-state index in [0.29, 0.717) is 5.56 Å². The first-order valence-electron chi connectivity index (χ1n) is 10.4. The molecule has 1 aliphatic heterocycles. The third-order valence-electron chi connectivity index (χ3n) is 5.67. The van der Waals surface area contributed by atoms with E-state index in [2.05, 4.69) is 9.88 Å². The Kier molecular flexibility index (Phi) is 6.19. The highest BCUT2D eigenvalue weighted by atomic mass is 19.1. The van der Waals surface area contributed by atoms with Gasteiger partial charge >= 0.3 is 0 Å². The summed E-state index contributed by atoms with van der Waals surface area (Å²) in [7, 11) is 0. The van der Waals surface area contributed by atoms with Crippen LogP contribution in [0.2, 0.25) is 0 Å². The predicted molar refractivity (Wildman–Crippen MR) is 117 cm³/mol. The second-order valence-corrected chi connectivity index (χ2v) is 7.88. The zero-order valence-corrected chi connectivity index (χ0v) is 17.2. The zero-order valence-electron chi connectivity index (χ0n) is 17.2. The van der Waals surface area contributed by atoms with Crippen molar-refractivity contribution in [1.82, 2.24) is 9.88 Å². The van der Waals surface area contributed by atoms with Crippen molar-refractivity contribution in [3.05, 3.63) is 95.6 Å². The number of likely N-dealkylation sites (tertiary alicyclic amines) is 1. The molecule has 0 saturated carbocycles. The highest BCUT2D eigenvalue weighted by Gasteiger charge is 2.30. The average molecular weight is 404 g/mol. The molecule has 4 nitrogen and oxygen atoms in total. The Hall–Kier alpha value is -3.05. The molecule has 0 spiro atoms. The SMILES string of the molecule is Cc1cccc(C(=O)N(c2ccc(F)cc2)C2CCN(Cc3ccncc3)CC2)c1. The van der Waals surface area contributed by atoms with E-state index in [-0.39, 0.29) is 17.8 Å². The molecule has 2 heterocycles. The van der Waals surface area contributed by atoms with Crippen LogP contribution in [0.15, 0.2) is 73.1 Å². The number of nitrogens with zero attached hydrogens (tertiary/aromatic N) is 3. The lowest BCUT2D eigenvalue weighted by molar-refractivity contribution is 0.0958. The molecule has 0 bridgehead atoms. The lowest BCUT2D eigenvalue weighted by Gasteiger charge is -2.38. The van der Waals surface area contributed by atoms with Gasteiger partial charge in [-0.3, -0.25) is 14.7 Å². The predicted octanol–water partition coefficient (Wildman–Crippen LogP) is 4.84. The summed E-state index contributed by atoms with van der Waals surface area (Å²) in [6.45, 7) is 4.69. The normalized spacial score (nSPS) is 15.1. The molecule has 3 aromatic rings. The smallest absolute Gasteiger partial charge is 0.258 e. The molecule has 5 heteroatoms. The minimum Gasteiger partial charge on any atom is -0.305 e. The number of piperidine rings is 1. The van der Waals surface area contributed by atoms with Crippen molar-refractivity contribution in [2.45, 2.75) is 32.4 Å². The lowest BCUT2D eigenvalue weighted by atomic mass is 10.00. The van der Waals surface area contributed by atoms with E-state index in [1.807, 2.05) is 60.6 Å². The summed E-state index contributed by atoms with van der Waals surface area (Å²) in [5.41, 5.74) is 3.70. The molecule has 1 aliphatic rings. The number of carbonyl (C=O) groups excluding carboxylic acids is 1. The largest absolute Gasteiger partial charge is 0.305 e. The van der Waals surface area contributed by atoms with E-state index in [0.717, 1.165) is 43.7 Å². The summed E-state index contributed by atoms with van der Waals surface area (Å²) < 4.78 is 13.5. The van der Waals surface area contributed by atoms with Gasteiger partial charge in [0, 0.05) is 49.3 Å². The van der Waals surface area contributed by atoms with Gasteiger partial charge in [-0.1, -0.05) is 17.7 Å². The van der Waals surface area contributed by atoms with Crippen molar-refractivity contribution in [3.63, 3.8) is 0 Å². The van der Waals surface area contributed by atoms with Gasteiger partial charge in [0.1, 0.15) is 5.82 Å². The number of anilines is 1. The standard InChI is InChI=1S/C25H26FN3O/c1-19-3-2-4-21(17-19)25(30)29(23-7-5-22(26)6-8-23)24-11-15-28(16-12-24)18-20-9-13-27-14-10-20/h2-10,13-14,17,24H,11-12,15-16,18H2,1H3. The minimum atomic E-state index is -0.297. The number of hydrogen-bond acceptors (Lipinski definition) is 3. The topological polar surface area (TPSA) is 36.4 Å². The molecule has 2 aromatic carbocycles. The van der Waals surface area contributed by atoms with Crippen LogP contribution in [0, 0.1) is 12.7 Å². The Bertz CT molecular complexity index is 983.